The standard InChI is InChI=1S/C23H30FN3O3S/c1-5-26(22(29)25-23(2,3)4)14-21(28)27-11-9-20-18(10-12-31-20)19(27)15-30-17-8-6-7-16(24)13-17/h6-8,10,12-13,19H,5,9,11,14-15H2,1-4H3,(H,25,29)/t19-/m1/s1. The van der Waals surface area contributed by atoms with E-state index < -0.39 is 0 Å². The Bertz CT molecular complexity index is 925. The minimum atomic E-state index is -0.383. The summed E-state index contributed by atoms with van der Waals surface area (Å²) in [6.45, 7) is 8.77. The van der Waals surface area contributed by atoms with E-state index >= 15 is 0 Å². The number of thiophene rings is 1. The van der Waals surface area contributed by atoms with Gasteiger partial charge in [0.15, 0.2) is 0 Å². The highest BCUT2D eigenvalue weighted by atomic mass is 32.1. The van der Waals surface area contributed by atoms with Crippen molar-refractivity contribution < 1.29 is 18.7 Å². The number of carbonyl (C=O) groups excluding carboxylic acids is 2. The Morgan fingerprint density at radius 2 is 2.10 bits per heavy atom. The van der Waals surface area contributed by atoms with Gasteiger partial charge in [0.05, 0.1) is 6.04 Å². The van der Waals surface area contributed by atoms with E-state index in [0.717, 1.165) is 12.0 Å². The monoisotopic (exact) mass is 447 g/mol. The summed E-state index contributed by atoms with van der Waals surface area (Å²) >= 11 is 1.67. The van der Waals surface area contributed by atoms with Crippen LogP contribution in [0, 0.1) is 5.82 Å². The Kier molecular flexibility index (Phi) is 7.20. The predicted molar refractivity (Wildman–Crippen MR) is 120 cm³/mol. The van der Waals surface area contributed by atoms with Crippen LogP contribution in [0.3, 0.4) is 0 Å². The molecule has 1 aliphatic rings. The van der Waals surface area contributed by atoms with Crippen molar-refractivity contribution in [2.24, 2.45) is 0 Å². The zero-order chi connectivity index (χ0) is 22.6. The first-order valence-electron chi connectivity index (χ1n) is 10.5. The van der Waals surface area contributed by atoms with Crippen LogP contribution in [-0.4, -0.2) is 53.5 Å². The smallest absolute Gasteiger partial charge is 0.318 e. The Balaban J connectivity index is 1.74. The zero-order valence-corrected chi connectivity index (χ0v) is 19.3. The number of carbonyl (C=O) groups is 2. The van der Waals surface area contributed by atoms with Crippen molar-refractivity contribution >= 4 is 23.3 Å². The Hall–Kier alpha value is -2.61. The molecule has 31 heavy (non-hydrogen) atoms. The number of urea groups is 1. The number of fused-ring (bicyclic) bond motifs is 1. The molecule has 1 aromatic heterocycles. The topological polar surface area (TPSA) is 61.9 Å². The van der Waals surface area contributed by atoms with Gasteiger partial charge in [0, 0.05) is 29.6 Å². The lowest BCUT2D eigenvalue weighted by Crippen LogP contribution is -2.52. The molecule has 0 bridgehead atoms. The number of benzene rings is 1. The fraction of sp³-hybridized carbons (Fsp3) is 0.478. The zero-order valence-electron chi connectivity index (χ0n) is 18.5. The molecule has 3 amide bonds. The fourth-order valence-corrected chi connectivity index (χ4v) is 4.52. The summed E-state index contributed by atoms with van der Waals surface area (Å²) in [7, 11) is 0. The van der Waals surface area contributed by atoms with Crippen molar-refractivity contribution in [2.75, 3.05) is 26.2 Å². The van der Waals surface area contributed by atoms with Gasteiger partial charge in [-0.05, 0) is 63.3 Å². The summed E-state index contributed by atoms with van der Waals surface area (Å²) in [5.74, 6) is -0.0705. The number of likely N-dealkylation sites (N-methyl/N-ethyl adjacent to an activating group) is 1. The van der Waals surface area contributed by atoms with E-state index in [-0.39, 0.29) is 42.5 Å². The third kappa shape index (κ3) is 5.97. The highest BCUT2D eigenvalue weighted by molar-refractivity contribution is 7.10. The predicted octanol–water partition coefficient (Wildman–Crippen LogP) is 4.22. The van der Waals surface area contributed by atoms with Crippen LogP contribution in [0.5, 0.6) is 5.75 Å². The van der Waals surface area contributed by atoms with Gasteiger partial charge in [0.25, 0.3) is 0 Å². The molecule has 1 aliphatic heterocycles. The van der Waals surface area contributed by atoms with Gasteiger partial charge in [-0.15, -0.1) is 11.3 Å². The third-order valence-electron chi connectivity index (χ3n) is 5.10. The number of ether oxygens (including phenoxy) is 1. The Morgan fingerprint density at radius 1 is 1.32 bits per heavy atom. The quantitative estimate of drug-likeness (QED) is 0.721. The maximum Gasteiger partial charge on any atom is 0.318 e. The molecule has 0 saturated carbocycles. The van der Waals surface area contributed by atoms with Crippen LogP contribution in [-0.2, 0) is 11.2 Å². The van der Waals surface area contributed by atoms with E-state index in [4.69, 9.17) is 4.74 Å². The van der Waals surface area contributed by atoms with Gasteiger partial charge in [0.1, 0.15) is 24.7 Å². The molecular weight excluding hydrogens is 417 g/mol. The van der Waals surface area contributed by atoms with Crippen LogP contribution < -0.4 is 10.1 Å². The van der Waals surface area contributed by atoms with Gasteiger partial charge in [-0.1, -0.05) is 6.07 Å². The second-order valence-corrected chi connectivity index (χ2v) is 9.62. The molecule has 8 heteroatoms. The Morgan fingerprint density at radius 3 is 2.77 bits per heavy atom. The van der Waals surface area contributed by atoms with Gasteiger partial charge in [-0.3, -0.25) is 4.79 Å². The number of rotatable bonds is 6. The van der Waals surface area contributed by atoms with Crippen LogP contribution in [0.1, 0.15) is 44.2 Å². The molecule has 0 fully saturated rings. The van der Waals surface area contributed by atoms with E-state index in [1.165, 1.54) is 21.9 Å². The summed E-state index contributed by atoms with van der Waals surface area (Å²) in [5, 5.41) is 4.93. The molecule has 0 aliphatic carbocycles. The van der Waals surface area contributed by atoms with Gasteiger partial charge in [-0.25, -0.2) is 9.18 Å². The van der Waals surface area contributed by atoms with E-state index in [9.17, 15) is 14.0 Å². The highest BCUT2D eigenvalue weighted by Crippen LogP contribution is 2.34. The van der Waals surface area contributed by atoms with Gasteiger partial charge in [-0.2, -0.15) is 0 Å². The highest BCUT2D eigenvalue weighted by Gasteiger charge is 2.33. The number of amides is 3. The summed E-state index contributed by atoms with van der Waals surface area (Å²) in [6, 6.07) is 7.46. The molecule has 2 heterocycles. The molecule has 0 radical (unpaired) electrons. The molecule has 3 rings (SSSR count). The molecule has 168 valence electrons. The molecule has 0 spiro atoms. The SMILES string of the molecule is CCN(CC(=O)N1CCc2sccc2[C@H]1COc1cccc(F)c1)C(=O)NC(C)(C)C. The lowest BCUT2D eigenvalue weighted by molar-refractivity contribution is -0.135. The van der Waals surface area contributed by atoms with Crippen molar-refractivity contribution in [2.45, 2.75) is 45.7 Å². The lowest BCUT2D eigenvalue weighted by Gasteiger charge is -2.37. The molecule has 0 unspecified atom stereocenters. The van der Waals surface area contributed by atoms with Crippen LogP contribution in [0.2, 0.25) is 0 Å². The van der Waals surface area contributed by atoms with Gasteiger partial charge < -0.3 is 19.9 Å². The van der Waals surface area contributed by atoms with Crippen molar-refractivity contribution in [3.05, 3.63) is 52.0 Å². The van der Waals surface area contributed by atoms with E-state index in [1.54, 1.807) is 28.4 Å². The molecule has 0 saturated heterocycles. The molecule has 1 aromatic carbocycles. The maximum absolute atomic E-state index is 13.5. The summed E-state index contributed by atoms with van der Waals surface area (Å²) in [5.41, 5.74) is 0.675. The second kappa shape index (κ2) is 9.68. The van der Waals surface area contributed by atoms with Crippen LogP contribution >= 0.6 is 11.3 Å². The van der Waals surface area contributed by atoms with E-state index in [0.29, 0.717) is 18.8 Å². The molecule has 6 nitrogen and oxygen atoms in total. The Labute approximate surface area is 187 Å². The van der Waals surface area contributed by atoms with Gasteiger partial charge >= 0.3 is 6.03 Å². The first-order chi connectivity index (χ1) is 14.7. The number of halogens is 1. The maximum atomic E-state index is 13.5. The van der Waals surface area contributed by atoms with Crippen molar-refractivity contribution in [1.29, 1.82) is 0 Å². The molecule has 1 atom stereocenters. The second-order valence-electron chi connectivity index (χ2n) is 8.61. The van der Waals surface area contributed by atoms with Crippen molar-refractivity contribution in [3.8, 4) is 5.75 Å². The third-order valence-corrected chi connectivity index (χ3v) is 6.09. The minimum Gasteiger partial charge on any atom is -0.491 e. The number of hydrogen-bond donors (Lipinski definition) is 1. The normalized spacial score (nSPS) is 15.9. The average molecular weight is 448 g/mol. The van der Waals surface area contributed by atoms with Crippen LogP contribution in [0.15, 0.2) is 35.7 Å². The fourth-order valence-electron chi connectivity index (χ4n) is 3.59. The summed E-state index contributed by atoms with van der Waals surface area (Å²) in [6.07, 6.45) is 0.773. The van der Waals surface area contributed by atoms with Crippen molar-refractivity contribution in [3.63, 3.8) is 0 Å². The first-order valence-corrected chi connectivity index (χ1v) is 11.4. The first kappa shape index (κ1) is 23.1. The average Bonchev–Trinajstić information content (AvgIpc) is 3.17. The molecule has 1 N–H and O–H groups in total. The number of nitrogens with zero attached hydrogens (tertiary/aromatic N) is 2. The minimum absolute atomic E-state index is 0.00561. The van der Waals surface area contributed by atoms with Crippen LogP contribution in [0.25, 0.3) is 0 Å². The van der Waals surface area contributed by atoms with E-state index in [2.05, 4.69) is 5.32 Å². The number of nitrogens with one attached hydrogen (secondary N) is 1. The molecule has 2 aromatic rings. The van der Waals surface area contributed by atoms with Gasteiger partial charge in [0.2, 0.25) is 5.91 Å². The summed E-state index contributed by atoms with van der Waals surface area (Å²) < 4.78 is 19.4. The van der Waals surface area contributed by atoms with E-state index in [1.807, 2.05) is 39.1 Å². The number of hydrogen-bond acceptors (Lipinski definition) is 4. The largest absolute Gasteiger partial charge is 0.491 e. The summed E-state index contributed by atoms with van der Waals surface area (Å²) in [4.78, 5) is 30.3. The lowest BCUT2D eigenvalue weighted by atomic mass is 10.0. The van der Waals surface area contributed by atoms with Crippen LogP contribution in [0.4, 0.5) is 9.18 Å². The van der Waals surface area contributed by atoms with Crippen molar-refractivity contribution in [1.82, 2.24) is 15.1 Å². The molecular formula is C23H30FN3O3S.